The van der Waals surface area contributed by atoms with Crippen molar-refractivity contribution in [2.75, 3.05) is 44.2 Å². The van der Waals surface area contributed by atoms with Crippen LogP contribution in [0.5, 0.6) is 0 Å². The smallest absolute Gasteiger partial charge is 0.225 e. The molecule has 4 rings (SSSR count). The summed E-state index contributed by atoms with van der Waals surface area (Å²) in [5, 5.41) is 0. The lowest BCUT2D eigenvalue weighted by atomic mass is 10.0. The average molecular weight is 406 g/mol. The molecule has 0 amide bonds. The monoisotopic (exact) mass is 405 g/mol. The Morgan fingerprint density at radius 3 is 2.26 bits per heavy atom. The molecule has 4 heterocycles. The molecule has 2 aliphatic heterocycles. The van der Waals surface area contributed by atoms with Gasteiger partial charge in [-0.25, -0.2) is 9.97 Å². The Labute approximate surface area is 171 Å². The average Bonchev–Trinajstić information content (AvgIpc) is 3.06. The fourth-order valence-electron chi connectivity index (χ4n) is 4.22. The molecule has 2 fully saturated rings. The van der Waals surface area contributed by atoms with E-state index in [1.54, 1.807) is 11.3 Å². The second kappa shape index (κ2) is 8.43. The van der Waals surface area contributed by atoms with Crippen molar-refractivity contribution < 1.29 is 0 Å². The molecule has 0 bridgehead atoms. The van der Waals surface area contributed by atoms with Crippen LogP contribution in [0, 0.1) is 13.8 Å². The summed E-state index contributed by atoms with van der Waals surface area (Å²) < 4.78 is 0.892. The van der Waals surface area contributed by atoms with Crippen LogP contribution in [-0.2, 0) is 6.54 Å². The number of nitrogens with zero attached hydrogens (tertiary/aromatic N) is 5. The molecule has 0 atom stereocenters. The second-order valence-electron chi connectivity index (χ2n) is 7.69. The van der Waals surface area contributed by atoms with E-state index in [1.807, 2.05) is 12.1 Å². The molecule has 0 aromatic carbocycles. The number of halogens is 1. The molecule has 2 aromatic heterocycles. The maximum Gasteiger partial charge on any atom is 0.225 e. The van der Waals surface area contributed by atoms with Gasteiger partial charge in [-0.1, -0.05) is 11.6 Å². The van der Waals surface area contributed by atoms with E-state index in [1.165, 1.54) is 30.8 Å². The van der Waals surface area contributed by atoms with Gasteiger partial charge in [0, 0.05) is 68.1 Å². The van der Waals surface area contributed by atoms with Crippen molar-refractivity contribution in [2.24, 2.45) is 0 Å². The van der Waals surface area contributed by atoms with Crippen molar-refractivity contribution in [2.45, 2.75) is 39.3 Å². The quantitative estimate of drug-likeness (QED) is 0.776. The zero-order valence-electron chi connectivity index (χ0n) is 16.2. The van der Waals surface area contributed by atoms with Gasteiger partial charge >= 0.3 is 0 Å². The number of hydrogen-bond acceptors (Lipinski definition) is 6. The van der Waals surface area contributed by atoms with Crippen LogP contribution in [0.1, 0.15) is 29.1 Å². The predicted molar refractivity (Wildman–Crippen MR) is 113 cm³/mol. The standard InChI is InChI=1S/C20H28ClN5S/c1-15-13-16(2)23-20(22-15)26-7-5-17(6-8-26)25-11-9-24(10-12-25)14-18-3-4-19(21)27-18/h3-4,13,17H,5-12,14H2,1-2H3. The van der Waals surface area contributed by atoms with Crippen LogP contribution in [0.25, 0.3) is 0 Å². The number of hydrogen-bond donors (Lipinski definition) is 0. The number of aryl methyl sites for hydroxylation is 2. The molecule has 0 aliphatic carbocycles. The summed E-state index contributed by atoms with van der Waals surface area (Å²) in [4.78, 5) is 18.2. The van der Waals surface area contributed by atoms with E-state index in [2.05, 4.69) is 44.6 Å². The molecule has 2 aliphatic rings. The molecule has 0 unspecified atom stereocenters. The first-order valence-electron chi connectivity index (χ1n) is 9.85. The molecule has 27 heavy (non-hydrogen) atoms. The van der Waals surface area contributed by atoms with Crippen LogP contribution in [0.15, 0.2) is 18.2 Å². The molecule has 2 saturated heterocycles. The van der Waals surface area contributed by atoms with E-state index in [-0.39, 0.29) is 0 Å². The Morgan fingerprint density at radius 2 is 1.67 bits per heavy atom. The minimum atomic E-state index is 0.700. The summed E-state index contributed by atoms with van der Waals surface area (Å²) in [6.45, 7) is 11.9. The molecule has 146 valence electrons. The highest BCUT2D eigenvalue weighted by molar-refractivity contribution is 7.16. The lowest BCUT2D eigenvalue weighted by molar-refractivity contribution is 0.0815. The third-order valence-corrected chi connectivity index (χ3v) is 6.87. The van der Waals surface area contributed by atoms with Crippen LogP contribution in [0.4, 0.5) is 5.95 Å². The lowest BCUT2D eigenvalue weighted by Gasteiger charge is -2.42. The summed E-state index contributed by atoms with van der Waals surface area (Å²) in [6, 6.07) is 6.90. The van der Waals surface area contributed by atoms with Crippen molar-refractivity contribution in [1.29, 1.82) is 0 Å². The topological polar surface area (TPSA) is 35.5 Å². The van der Waals surface area contributed by atoms with Crippen molar-refractivity contribution in [3.63, 3.8) is 0 Å². The van der Waals surface area contributed by atoms with Gasteiger partial charge < -0.3 is 4.90 Å². The van der Waals surface area contributed by atoms with Crippen LogP contribution < -0.4 is 4.90 Å². The fourth-order valence-corrected chi connectivity index (χ4v) is 5.35. The van der Waals surface area contributed by atoms with Gasteiger partial charge in [0.25, 0.3) is 0 Å². The summed E-state index contributed by atoms with van der Waals surface area (Å²) in [7, 11) is 0. The van der Waals surface area contributed by atoms with Crippen molar-refractivity contribution in [3.05, 3.63) is 38.8 Å². The van der Waals surface area contributed by atoms with E-state index in [4.69, 9.17) is 11.6 Å². The second-order valence-corrected chi connectivity index (χ2v) is 9.49. The molecular weight excluding hydrogens is 378 g/mol. The highest BCUT2D eigenvalue weighted by Gasteiger charge is 2.28. The lowest BCUT2D eigenvalue weighted by Crippen LogP contribution is -2.53. The minimum Gasteiger partial charge on any atom is -0.341 e. The first-order chi connectivity index (χ1) is 13.1. The van der Waals surface area contributed by atoms with Crippen molar-refractivity contribution in [1.82, 2.24) is 19.8 Å². The zero-order chi connectivity index (χ0) is 18.8. The van der Waals surface area contributed by atoms with Gasteiger partial charge in [-0.05, 0) is 44.9 Å². The summed E-state index contributed by atoms with van der Waals surface area (Å²) in [6.07, 6.45) is 2.41. The summed E-state index contributed by atoms with van der Waals surface area (Å²) >= 11 is 7.76. The first-order valence-corrected chi connectivity index (χ1v) is 11.0. The maximum absolute atomic E-state index is 6.05. The maximum atomic E-state index is 6.05. The van der Waals surface area contributed by atoms with E-state index in [0.29, 0.717) is 6.04 Å². The molecule has 0 spiro atoms. The number of anilines is 1. The number of piperidine rings is 1. The Kier molecular flexibility index (Phi) is 5.97. The number of aromatic nitrogens is 2. The van der Waals surface area contributed by atoms with Gasteiger partial charge in [-0.15, -0.1) is 11.3 Å². The van der Waals surface area contributed by atoms with Crippen molar-refractivity contribution >= 4 is 28.9 Å². The van der Waals surface area contributed by atoms with Gasteiger partial charge in [0.1, 0.15) is 0 Å². The number of rotatable bonds is 4. The van der Waals surface area contributed by atoms with Crippen LogP contribution >= 0.6 is 22.9 Å². The molecule has 0 radical (unpaired) electrons. The first kappa shape index (κ1) is 19.1. The third-order valence-electron chi connectivity index (χ3n) is 5.65. The van der Waals surface area contributed by atoms with Gasteiger partial charge in [-0.2, -0.15) is 0 Å². The Morgan fingerprint density at radius 1 is 1.00 bits per heavy atom. The highest BCUT2D eigenvalue weighted by atomic mass is 35.5. The van der Waals surface area contributed by atoms with Crippen LogP contribution in [0.2, 0.25) is 4.34 Å². The minimum absolute atomic E-state index is 0.700. The zero-order valence-corrected chi connectivity index (χ0v) is 17.8. The predicted octanol–water partition coefficient (Wildman–Crippen LogP) is 3.59. The van der Waals surface area contributed by atoms with E-state index < -0.39 is 0 Å². The molecular formula is C20H28ClN5S. The SMILES string of the molecule is Cc1cc(C)nc(N2CCC(N3CCN(Cc4ccc(Cl)s4)CC3)CC2)n1. The fraction of sp³-hybridized carbons (Fsp3) is 0.600. The van der Waals surface area contributed by atoms with Crippen molar-refractivity contribution in [3.8, 4) is 0 Å². The van der Waals surface area contributed by atoms with Gasteiger partial charge in [-0.3, -0.25) is 9.80 Å². The van der Waals surface area contributed by atoms with Gasteiger partial charge in [0.05, 0.1) is 4.34 Å². The largest absolute Gasteiger partial charge is 0.341 e. The highest BCUT2D eigenvalue weighted by Crippen LogP contribution is 2.25. The Hall–Kier alpha value is -1.21. The van der Waals surface area contributed by atoms with E-state index in [9.17, 15) is 0 Å². The van der Waals surface area contributed by atoms with Gasteiger partial charge in [0.15, 0.2) is 0 Å². The third kappa shape index (κ3) is 4.80. The van der Waals surface area contributed by atoms with Crippen LogP contribution in [0.3, 0.4) is 0 Å². The molecule has 0 saturated carbocycles. The molecule has 2 aromatic rings. The molecule has 7 heteroatoms. The Bertz CT molecular complexity index is 743. The van der Waals surface area contributed by atoms with E-state index in [0.717, 1.165) is 54.4 Å². The summed E-state index contributed by atoms with van der Waals surface area (Å²) in [5.41, 5.74) is 2.12. The van der Waals surface area contributed by atoms with Crippen LogP contribution in [-0.4, -0.2) is 65.1 Å². The summed E-state index contributed by atoms with van der Waals surface area (Å²) in [5.74, 6) is 0.908. The number of piperazine rings is 1. The Balaban J connectivity index is 1.25. The normalized spacial score (nSPS) is 20.3. The molecule has 5 nitrogen and oxygen atoms in total. The molecule has 0 N–H and O–H groups in total. The van der Waals surface area contributed by atoms with Gasteiger partial charge in [0.2, 0.25) is 5.95 Å². The van der Waals surface area contributed by atoms with E-state index >= 15 is 0 Å². The number of thiophene rings is 1.